The van der Waals surface area contributed by atoms with Crippen LogP contribution in [-0.2, 0) is 11.2 Å². The maximum absolute atomic E-state index is 5.97. The highest BCUT2D eigenvalue weighted by molar-refractivity contribution is 6.30. The molecule has 0 spiro atoms. The lowest BCUT2D eigenvalue weighted by molar-refractivity contribution is 0.199. The van der Waals surface area contributed by atoms with Gasteiger partial charge in [0.05, 0.1) is 13.7 Å². The third kappa shape index (κ3) is 5.39. The highest BCUT2D eigenvalue weighted by Gasteiger charge is 2.03. The van der Waals surface area contributed by atoms with Gasteiger partial charge in [-0.25, -0.2) is 0 Å². The number of methoxy groups -OCH3 is 2. The minimum absolute atomic E-state index is 0.750. The summed E-state index contributed by atoms with van der Waals surface area (Å²) in [5, 5.41) is 4.07. The van der Waals surface area contributed by atoms with Crippen LogP contribution in [0.15, 0.2) is 18.2 Å². The first-order valence-electron chi connectivity index (χ1n) is 5.80. The molecular formula is C13H20ClNO2. The van der Waals surface area contributed by atoms with Gasteiger partial charge in [-0.3, -0.25) is 0 Å². The zero-order valence-electron chi connectivity index (χ0n) is 10.5. The molecule has 96 valence electrons. The molecule has 0 aliphatic rings. The molecule has 0 unspecified atom stereocenters. The van der Waals surface area contributed by atoms with E-state index in [2.05, 4.69) is 5.32 Å². The fraction of sp³-hybridized carbons (Fsp3) is 0.538. The summed E-state index contributed by atoms with van der Waals surface area (Å²) in [5.74, 6) is 0.909. The zero-order chi connectivity index (χ0) is 12.5. The van der Waals surface area contributed by atoms with Crippen LogP contribution < -0.4 is 10.1 Å². The van der Waals surface area contributed by atoms with Crippen LogP contribution in [-0.4, -0.2) is 33.9 Å². The lowest BCUT2D eigenvalue weighted by Crippen LogP contribution is -2.20. The van der Waals surface area contributed by atoms with E-state index < -0.39 is 0 Å². The summed E-state index contributed by atoms with van der Waals surface area (Å²) in [6, 6.07) is 5.73. The monoisotopic (exact) mass is 257 g/mol. The third-order valence-electron chi connectivity index (χ3n) is 2.53. The molecule has 0 saturated carbocycles. The van der Waals surface area contributed by atoms with Gasteiger partial charge < -0.3 is 14.8 Å². The van der Waals surface area contributed by atoms with Gasteiger partial charge in [-0.15, -0.1) is 0 Å². The van der Waals surface area contributed by atoms with E-state index in [1.54, 1.807) is 14.2 Å². The zero-order valence-corrected chi connectivity index (χ0v) is 11.2. The molecule has 0 aromatic heterocycles. The van der Waals surface area contributed by atoms with Crippen molar-refractivity contribution in [2.24, 2.45) is 0 Å². The van der Waals surface area contributed by atoms with Crippen molar-refractivity contribution in [3.05, 3.63) is 28.8 Å². The summed E-state index contributed by atoms with van der Waals surface area (Å²) >= 11 is 5.97. The van der Waals surface area contributed by atoms with Gasteiger partial charge in [0.15, 0.2) is 0 Å². The van der Waals surface area contributed by atoms with Crippen molar-refractivity contribution in [3.8, 4) is 5.75 Å². The van der Waals surface area contributed by atoms with Crippen LogP contribution in [0.1, 0.15) is 12.0 Å². The van der Waals surface area contributed by atoms with E-state index in [-0.39, 0.29) is 0 Å². The Labute approximate surface area is 108 Å². The minimum Gasteiger partial charge on any atom is -0.496 e. The van der Waals surface area contributed by atoms with Gasteiger partial charge in [0.1, 0.15) is 5.75 Å². The van der Waals surface area contributed by atoms with Crippen molar-refractivity contribution in [3.63, 3.8) is 0 Å². The molecule has 3 nitrogen and oxygen atoms in total. The third-order valence-corrected chi connectivity index (χ3v) is 2.76. The number of rotatable bonds is 8. The molecule has 0 heterocycles. The molecule has 1 aromatic carbocycles. The predicted octanol–water partition coefficient (Wildman–Crippen LogP) is 2.52. The lowest BCUT2D eigenvalue weighted by atomic mass is 10.1. The number of ether oxygens (including phenoxy) is 2. The Kier molecular flexibility index (Phi) is 7.01. The molecule has 0 aliphatic carbocycles. The Morgan fingerprint density at radius 1 is 1.24 bits per heavy atom. The highest BCUT2D eigenvalue weighted by Crippen LogP contribution is 2.23. The Morgan fingerprint density at radius 3 is 2.76 bits per heavy atom. The first-order valence-corrected chi connectivity index (χ1v) is 6.17. The van der Waals surface area contributed by atoms with E-state index in [1.807, 2.05) is 18.2 Å². The summed E-state index contributed by atoms with van der Waals surface area (Å²) < 4.78 is 10.3. The van der Waals surface area contributed by atoms with Gasteiger partial charge in [-0.1, -0.05) is 11.6 Å². The first kappa shape index (κ1) is 14.3. The van der Waals surface area contributed by atoms with Gasteiger partial charge in [-0.05, 0) is 43.1 Å². The second-order valence-electron chi connectivity index (χ2n) is 3.80. The van der Waals surface area contributed by atoms with Gasteiger partial charge in [-0.2, -0.15) is 0 Å². The fourth-order valence-electron chi connectivity index (χ4n) is 1.65. The summed E-state index contributed by atoms with van der Waals surface area (Å²) in [7, 11) is 3.39. The number of aryl methyl sites for hydroxylation is 1. The summed E-state index contributed by atoms with van der Waals surface area (Å²) in [4.78, 5) is 0. The minimum atomic E-state index is 0.750. The Morgan fingerprint density at radius 2 is 2.06 bits per heavy atom. The van der Waals surface area contributed by atoms with Crippen LogP contribution in [0.2, 0.25) is 5.02 Å². The van der Waals surface area contributed by atoms with Gasteiger partial charge in [0.25, 0.3) is 0 Å². The largest absolute Gasteiger partial charge is 0.496 e. The molecule has 0 radical (unpaired) electrons. The standard InChI is InChI=1S/C13H20ClNO2/c1-16-9-8-15-7-3-4-11-10-12(14)5-6-13(11)17-2/h5-6,10,15H,3-4,7-9H2,1-2H3. The normalized spacial score (nSPS) is 10.5. The van der Waals surface area contributed by atoms with Crippen LogP contribution in [0, 0.1) is 0 Å². The maximum atomic E-state index is 5.97. The number of benzene rings is 1. The van der Waals surface area contributed by atoms with Gasteiger partial charge in [0, 0.05) is 18.7 Å². The van der Waals surface area contributed by atoms with Gasteiger partial charge in [0.2, 0.25) is 0 Å². The molecule has 1 rings (SSSR count). The highest BCUT2D eigenvalue weighted by atomic mass is 35.5. The van der Waals surface area contributed by atoms with Crippen LogP contribution in [0.4, 0.5) is 0 Å². The molecule has 1 aromatic rings. The van der Waals surface area contributed by atoms with Crippen LogP contribution in [0.3, 0.4) is 0 Å². The second kappa shape index (κ2) is 8.34. The van der Waals surface area contributed by atoms with E-state index in [1.165, 1.54) is 0 Å². The van der Waals surface area contributed by atoms with E-state index in [4.69, 9.17) is 21.1 Å². The van der Waals surface area contributed by atoms with Gasteiger partial charge >= 0.3 is 0 Å². The molecular weight excluding hydrogens is 238 g/mol. The van der Waals surface area contributed by atoms with Crippen molar-refractivity contribution in [2.45, 2.75) is 12.8 Å². The number of hydrogen-bond acceptors (Lipinski definition) is 3. The van der Waals surface area contributed by atoms with Crippen molar-refractivity contribution < 1.29 is 9.47 Å². The molecule has 0 saturated heterocycles. The SMILES string of the molecule is COCCNCCCc1cc(Cl)ccc1OC. The lowest BCUT2D eigenvalue weighted by Gasteiger charge is -2.09. The molecule has 0 atom stereocenters. The van der Waals surface area contributed by atoms with E-state index in [0.29, 0.717) is 0 Å². The van der Waals surface area contributed by atoms with Crippen LogP contribution in [0.25, 0.3) is 0 Å². The maximum Gasteiger partial charge on any atom is 0.122 e. The average molecular weight is 258 g/mol. The molecule has 0 amide bonds. The smallest absolute Gasteiger partial charge is 0.122 e. The van der Waals surface area contributed by atoms with Crippen molar-refractivity contribution >= 4 is 11.6 Å². The second-order valence-corrected chi connectivity index (χ2v) is 4.24. The van der Waals surface area contributed by atoms with Crippen molar-refractivity contribution in [1.29, 1.82) is 0 Å². The quantitative estimate of drug-likeness (QED) is 0.726. The fourth-order valence-corrected chi connectivity index (χ4v) is 1.84. The molecule has 0 aliphatic heterocycles. The molecule has 4 heteroatoms. The van der Waals surface area contributed by atoms with E-state index >= 15 is 0 Å². The molecule has 0 fully saturated rings. The summed E-state index contributed by atoms with van der Waals surface area (Å²) in [5.41, 5.74) is 1.16. The van der Waals surface area contributed by atoms with Crippen molar-refractivity contribution in [2.75, 3.05) is 33.9 Å². The van der Waals surface area contributed by atoms with Crippen LogP contribution in [0.5, 0.6) is 5.75 Å². The topological polar surface area (TPSA) is 30.5 Å². The van der Waals surface area contributed by atoms with Crippen LogP contribution >= 0.6 is 11.6 Å². The molecule has 1 N–H and O–H groups in total. The Balaban J connectivity index is 2.32. The van der Waals surface area contributed by atoms with E-state index in [9.17, 15) is 0 Å². The summed E-state index contributed by atoms with van der Waals surface area (Å²) in [6.45, 7) is 2.61. The number of nitrogens with one attached hydrogen (secondary N) is 1. The Bertz CT molecular complexity index is 331. The first-order chi connectivity index (χ1) is 8.27. The summed E-state index contributed by atoms with van der Waals surface area (Å²) in [6.07, 6.45) is 2.02. The average Bonchev–Trinajstić information content (AvgIpc) is 2.34. The molecule has 0 bridgehead atoms. The number of hydrogen-bond donors (Lipinski definition) is 1. The Hall–Kier alpha value is -0.770. The van der Waals surface area contributed by atoms with Crippen molar-refractivity contribution in [1.82, 2.24) is 5.32 Å². The number of halogens is 1. The molecule has 17 heavy (non-hydrogen) atoms. The predicted molar refractivity (Wildman–Crippen MR) is 71.1 cm³/mol. The van der Waals surface area contributed by atoms with E-state index in [0.717, 1.165) is 48.9 Å².